The first kappa shape index (κ1) is 15.4. The van der Waals surface area contributed by atoms with Crippen LogP contribution in [0.25, 0.3) is 0 Å². The first-order valence-corrected chi connectivity index (χ1v) is 8.11. The van der Waals surface area contributed by atoms with Gasteiger partial charge in [0.15, 0.2) is 0 Å². The van der Waals surface area contributed by atoms with Crippen LogP contribution in [-0.4, -0.2) is 29.0 Å². The van der Waals surface area contributed by atoms with Gasteiger partial charge in [-0.15, -0.1) is 0 Å². The molecule has 1 rings (SSSR count). The molecule has 0 saturated heterocycles. The predicted molar refractivity (Wildman–Crippen MR) is 75.8 cm³/mol. The van der Waals surface area contributed by atoms with Gasteiger partial charge in [0, 0.05) is 11.0 Å². The van der Waals surface area contributed by atoms with Crippen molar-refractivity contribution in [2.45, 2.75) is 9.72 Å². The van der Waals surface area contributed by atoms with Crippen molar-refractivity contribution in [1.82, 2.24) is 0 Å². The summed E-state index contributed by atoms with van der Waals surface area (Å²) in [7, 11) is -4.43. The summed E-state index contributed by atoms with van der Waals surface area (Å²) in [6, 6.07) is 3.70. The van der Waals surface area contributed by atoms with Gasteiger partial charge >= 0.3 is 0 Å². The zero-order valence-electron chi connectivity index (χ0n) is 8.93. The molecule has 0 aliphatic heterocycles. The van der Waals surface area contributed by atoms with Crippen molar-refractivity contribution in [3.63, 3.8) is 0 Å². The number of hydrogen-bond acceptors (Lipinski definition) is 4. The number of nitrogens with two attached hydrogens (primary N) is 1. The lowest BCUT2D eigenvalue weighted by Crippen LogP contribution is -2.24. The number of rotatable bonds is 4. The lowest BCUT2D eigenvalue weighted by molar-refractivity contribution is -0.115. The maximum atomic E-state index is 11.6. The number of benzene rings is 1. The lowest BCUT2D eigenvalue weighted by atomic mass is 10.2. The van der Waals surface area contributed by atoms with Gasteiger partial charge < -0.3 is 11.1 Å². The highest BCUT2D eigenvalue weighted by atomic mass is 79.9. The summed E-state index contributed by atoms with van der Waals surface area (Å²) in [4.78, 5) is 10.7. The van der Waals surface area contributed by atoms with E-state index >= 15 is 0 Å². The van der Waals surface area contributed by atoms with Crippen LogP contribution in [0.5, 0.6) is 0 Å². The number of amides is 1. The minimum atomic E-state index is -4.43. The highest BCUT2D eigenvalue weighted by Crippen LogP contribution is 2.24. The first-order chi connectivity index (χ1) is 8.25. The van der Waals surface area contributed by atoms with Gasteiger partial charge in [-0.1, -0.05) is 31.9 Å². The number of nitrogens with one attached hydrogen (secondary N) is 1. The van der Waals surface area contributed by atoms with Gasteiger partial charge in [-0.3, -0.25) is 9.35 Å². The number of hydrogen-bond donors (Lipinski definition) is 3. The van der Waals surface area contributed by atoms with E-state index in [-0.39, 0.29) is 11.4 Å². The molecule has 6 nitrogen and oxygen atoms in total. The molecular formula is C9H10Br2N2O4S. The average molecular weight is 402 g/mol. The Bertz CT molecular complexity index is 562. The fourth-order valence-corrected chi connectivity index (χ4v) is 2.19. The Labute approximate surface area is 121 Å². The van der Waals surface area contributed by atoms with E-state index in [1.807, 2.05) is 0 Å². The fourth-order valence-electron chi connectivity index (χ4n) is 1.15. The molecule has 1 aromatic carbocycles. The van der Waals surface area contributed by atoms with Crippen molar-refractivity contribution in [2.24, 2.45) is 0 Å². The van der Waals surface area contributed by atoms with Crippen LogP contribution in [0.15, 0.2) is 23.1 Å². The molecule has 0 aromatic heterocycles. The van der Waals surface area contributed by atoms with Crippen LogP contribution < -0.4 is 11.1 Å². The maximum absolute atomic E-state index is 11.6. The lowest BCUT2D eigenvalue weighted by Gasteiger charge is -2.11. The largest absolute Gasteiger partial charge is 0.399 e. The highest BCUT2D eigenvalue weighted by molar-refractivity contribution is 9.12. The van der Waals surface area contributed by atoms with E-state index in [1.165, 1.54) is 12.1 Å². The molecule has 0 bridgehead atoms. The summed E-state index contributed by atoms with van der Waals surface area (Å²) in [6.07, 6.45) is 0. The summed E-state index contributed by atoms with van der Waals surface area (Å²) in [5.41, 5.74) is 5.71. The molecule has 0 aliphatic carbocycles. The minimum Gasteiger partial charge on any atom is -0.399 e. The van der Waals surface area contributed by atoms with Crippen molar-refractivity contribution < 1.29 is 17.8 Å². The Hall–Kier alpha value is -0.640. The van der Waals surface area contributed by atoms with Crippen LogP contribution in [0.1, 0.15) is 0 Å². The molecule has 0 fully saturated rings. The Morgan fingerprint density at radius 1 is 1.50 bits per heavy atom. The van der Waals surface area contributed by atoms with Crippen LogP contribution in [0, 0.1) is 0 Å². The second-order valence-corrected chi connectivity index (χ2v) is 6.48. The second kappa shape index (κ2) is 6.00. The topological polar surface area (TPSA) is 109 Å². The van der Waals surface area contributed by atoms with Crippen LogP contribution in [0.3, 0.4) is 0 Å². The van der Waals surface area contributed by atoms with Crippen molar-refractivity contribution in [1.29, 1.82) is 0 Å². The number of nitrogen functional groups attached to an aromatic ring is 1. The number of halogens is 2. The summed E-state index contributed by atoms with van der Waals surface area (Å²) < 4.78 is 31.3. The second-order valence-electron chi connectivity index (χ2n) is 3.34. The molecule has 1 aromatic rings. The average Bonchev–Trinajstić information content (AvgIpc) is 2.26. The van der Waals surface area contributed by atoms with E-state index < -0.39 is 25.7 Å². The van der Waals surface area contributed by atoms with E-state index in [1.54, 1.807) is 0 Å². The third-order valence-electron chi connectivity index (χ3n) is 1.96. The Morgan fingerprint density at radius 3 is 2.61 bits per heavy atom. The Morgan fingerprint density at radius 2 is 2.11 bits per heavy atom. The van der Waals surface area contributed by atoms with E-state index in [0.717, 1.165) is 6.07 Å². The third kappa shape index (κ3) is 3.94. The van der Waals surface area contributed by atoms with Crippen molar-refractivity contribution >= 4 is 59.3 Å². The van der Waals surface area contributed by atoms with Gasteiger partial charge in [0.25, 0.3) is 10.1 Å². The Kier molecular flexibility index (Phi) is 5.14. The normalized spacial score (nSPS) is 13.1. The van der Waals surface area contributed by atoms with Crippen molar-refractivity contribution in [3.8, 4) is 0 Å². The van der Waals surface area contributed by atoms with Gasteiger partial charge in [0.2, 0.25) is 5.91 Å². The first-order valence-electron chi connectivity index (χ1n) is 4.63. The van der Waals surface area contributed by atoms with Crippen molar-refractivity contribution in [2.75, 3.05) is 16.4 Å². The summed E-state index contributed by atoms with van der Waals surface area (Å²) in [6.45, 7) is 0. The van der Waals surface area contributed by atoms with Crippen molar-refractivity contribution in [3.05, 3.63) is 18.2 Å². The van der Waals surface area contributed by atoms with Crippen LogP contribution in [0.2, 0.25) is 0 Å². The van der Waals surface area contributed by atoms with Gasteiger partial charge in [-0.05, 0) is 18.2 Å². The van der Waals surface area contributed by atoms with E-state index in [0.29, 0.717) is 5.33 Å². The molecule has 18 heavy (non-hydrogen) atoms. The summed E-state index contributed by atoms with van der Waals surface area (Å²) in [5, 5.41) is 2.72. The SMILES string of the molecule is Nc1ccc(S(=O)(=O)O)c(NC(=O)C(Br)CBr)c1. The molecule has 1 unspecified atom stereocenters. The molecule has 1 atom stereocenters. The molecule has 0 saturated carbocycles. The molecule has 0 heterocycles. The standard InChI is InChI=1S/C9H10Br2N2O4S/c10-4-6(11)9(14)13-7-3-5(12)1-2-8(7)18(15,16)17/h1-3,6H,4,12H2,(H,13,14)(H,15,16,17). The maximum Gasteiger partial charge on any atom is 0.296 e. The zero-order chi connectivity index (χ0) is 13.9. The molecule has 100 valence electrons. The number of alkyl halides is 2. The molecule has 0 spiro atoms. The highest BCUT2D eigenvalue weighted by Gasteiger charge is 2.20. The molecule has 9 heteroatoms. The summed E-state index contributed by atoms with van der Waals surface area (Å²) >= 11 is 6.19. The number of carbonyl (C=O) groups excluding carboxylic acids is 1. The third-order valence-corrected chi connectivity index (χ3v) is 5.13. The predicted octanol–water partition coefficient (Wildman–Crippen LogP) is 1.61. The quantitative estimate of drug-likeness (QED) is 0.403. The van der Waals surface area contributed by atoms with Crippen LogP contribution >= 0.6 is 31.9 Å². The minimum absolute atomic E-state index is 0.0621. The molecule has 4 N–H and O–H groups in total. The molecule has 0 radical (unpaired) electrons. The van der Waals surface area contributed by atoms with E-state index in [4.69, 9.17) is 10.3 Å². The molecule has 1 amide bonds. The number of carbonyl (C=O) groups is 1. The smallest absolute Gasteiger partial charge is 0.296 e. The molecule has 0 aliphatic rings. The van der Waals surface area contributed by atoms with Crippen LogP contribution in [0.4, 0.5) is 11.4 Å². The van der Waals surface area contributed by atoms with E-state index in [2.05, 4.69) is 37.2 Å². The van der Waals surface area contributed by atoms with Gasteiger partial charge in [0.1, 0.15) is 9.72 Å². The van der Waals surface area contributed by atoms with Gasteiger partial charge in [0.05, 0.1) is 5.69 Å². The van der Waals surface area contributed by atoms with Gasteiger partial charge in [-0.2, -0.15) is 8.42 Å². The fraction of sp³-hybridized carbons (Fsp3) is 0.222. The monoisotopic (exact) mass is 400 g/mol. The summed E-state index contributed by atoms with van der Waals surface area (Å²) in [5.74, 6) is -0.456. The van der Waals surface area contributed by atoms with Crippen LogP contribution in [-0.2, 0) is 14.9 Å². The zero-order valence-corrected chi connectivity index (χ0v) is 12.9. The molecular weight excluding hydrogens is 392 g/mol. The van der Waals surface area contributed by atoms with E-state index in [9.17, 15) is 13.2 Å². The number of anilines is 2. The van der Waals surface area contributed by atoms with Gasteiger partial charge in [-0.25, -0.2) is 0 Å². The Balaban J connectivity index is 3.15.